The number of para-hydroxylation sites is 3. The van der Waals surface area contributed by atoms with E-state index in [4.69, 9.17) is 14.4 Å². The fourth-order valence-corrected chi connectivity index (χ4v) is 8.53. The molecular formula is C46H26N4O. The molecule has 0 N–H and O–H groups in total. The minimum atomic E-state index is 0.576. The largest absolute Gasteiger partial charge is 0.437 e. The minimum Gasteiger partial charge on any atom is -0.437 e. The maximum atomic E-state index is 6.47. The maximum Gasteiger partial charge on any atom is 0.233 e. The van der Waals surface area contributed by atoms with Crippen molar-refractivity contribution in [2.45, 2.75) is 0 Å². The van der Waals surface area contributed by atoms with Crippen molar-refractivity contribution in [2.24, 2.45) is 0 Å². The van der Waals surface area contributed by atoms with Gasteiger partial charge in [-0.15, -0.1) is 0 Å². The Morgan fingerprint density at radius 2 is 1.08 bits per heavy atom. The van der Waals surface area contributed by atoms with E-state index in [1.807, 2.05) is 30.3 Å². The van der Waals surface area contributed by atoms with Crippen LogP contribution in [0.5, 0.6) is 0 Å². The Bertz CT molecular complexity index is 3350. The molecule has 0 radical (unpaired) electrons. The molecule has 5 nitrogen and oxygen atoms in total. The van der Waals surface area contributed by atoms with Gasteiger partial charge in [-0.25, -0.2) is 4.98 Å². The number of nitrogens with zero attached hydrogens (tertiary/aromatic N) is 4. The molecular weight excluding hydrogens is 625 g/mol. The number of hydrogen-bond acceptors (Lipinski definition) is 3. The third-order valence-corrected chi connectivity index (χ3v) is 10.7. The zero-order valence-corrected chi connectivity index (χ0v) is 27.2. The Morgan fingerprint density at radius 1 is 0.412 bits per heavy atom. The predicted octanol–water partition coefficient (Wildman–Crippen LogP) is 12.0. The van der Waals surface area contributed by atoms with Crippen molar-refractivity contribution >= 4 is 82.0 Å². The van der Waals surface area contributed by atoms with Gasteiger partial charge >= 0.3 is 0 Å². The number of furan rings is 1. The summed E-state index contributed by atoms with van der Waals surface area (Å²) in [6, 6.07) is 55.9. The van der Waals surface area contributed by atoms with E-state index in [0.717, 1.165) is 38.8 Å². The van der Waals surface area contributed by atoms with Crippen LogP contribution in [0.15, 0.2) is 162 Å². The molecule has 0 amide bonds. The molecule has 0 aliphatic heterocycles. The average molecular weight is 651 g/mol. The normalized spacial score (nSPS) is 12.3. The Balaban J connectivity index is 1.30. The molecule has 0 saturated carbocycles. The lowest BCUT2D eigenvalue weighted by molar-refractivity contribution is 0.653. The van der Waals surface area contributed by atoms with Crippen molar-refractivity contribution in [1.29, 1.82) is 0 Å². The van der Waals surface area contributed by atoms with Crippen molar-refractivity contribution in [2.75, 3.05) is 0 Å². The molecule has 7 aromatic carbocycles. The monoisotopic (exact) mass is 650 g/mol. The highest BCUT2D eigenvalue weighted by molar-refractivity contribution is 6.36. The topological polar surface area (TPSA) is 48.3 Å². The molecule has 0 saturated heterocycles. The molecule has 0 spiro atoms. The summed E-state index contributed by atoms with van der Waals surface area (Å²) in [6.07, 6.45) is 0. The van der Waals surface area contributed by atoms with Gasteiger partial charge in [-0.3, -0.25) is 4.57 Å². The van der Waals surface area contributed by atoms with Crippen molar-refractivity contribution in [1.82, 2.24) is 18.9 Å². The summed E-state index contributed by atoms with van der Waals surface area (Å²) in [5.41, 5.74) is 10.6. The van der Waals surface area contributed by atoms with E-state index in [0.29, 0.717) is 11.5 Å². The van der Waals surface area contributed by atoms with E-state index >= 15 is 0 Å². The summed E-state index contributed by atoms with van der Waals surface area (Å²) < 4.78 is 11.3. The van der Waals surface area contributed by atoms with Crippen LogP contribution in [0.1, 0.15) is 0 Å². The van der Waals surface area contributed by atoms with E-state index in [9.17, 15) is 0 Å². The van der Waals surface area contributed by atoms with E-state index < -0.39 is 0 Å². The first-order valence-electron chi connectivity index (χ1n) is 17.3. The van der Waals surface area contributed by atoms with Crippen LogP contribution < -0.4 is 0 Å². The Kier molecular flexibility index (Phi) is 5.17. The van der Waals surface area contributed by atoms with Crippen LogP contribution in [-0.4, -0.2) is 18.9 Å². The van der Waals surface area contributed by atoms with Gasteiger partial charge in [0.1, 0.15) is 5.58 Å². The number of aromatic nitrogens is 4. The smallest absolute Gasteiger partial charge is 0.233 e. The molecule has 5 aromatic heterocycles. The van der Waals surface area contributed by atoms with E-state index in [2.05, 4.69) is 136 Å². The highest BCUT2D eigenvalue weighted by Gasteiger charge is 2.26. The zero-order valence-electron chi connectivity index (χ0n) is 27.2. The maximum absolute atomic E-state index is 6.47. The van der Waals surface area contributed by atoms with Gasteiger partial charge < -0.3 is 8.82 Å². The van der Waals surface area contributed by atoms with Gasteiger partial charge in [-0.1, -0.05) is 127 Å². The second kappa shape index (κ2) is 9.80. The first-order valence-corrected chi connectivity index (χ1v) is 17.3. The molecule has 12 aromatic rings. The average Bonchev–Trinajstić information content (AvgIpc) is 3.93. The molecule has 5 heteroatoms. The zero-order chi connectivity index (χ0) is 33.2. The molecule has 0 bridgehead atoms. The van der Waals surface area contributed by atoms with E-state index in [1.54, 1.807) is 0 Å². The summed E-state index contributed by atoms with van der Waals surface area (Å²) in [5.74, 6) is 1.44. The van der Waals surface area contributed by atoms with Crippen LogP contribution in [0.3, 0.4) is 0 Å². The molecule has 236 valence electrons. The van der Waals surface area contributed by atoms with Gasteiger partial charge in [0.2, 0.25) is 5.71 Å². The molecule has 0 atom stereocenters. The molecule has 0 aliphatic carbocycles. The van der Waals surface area contributed by atoms with Crippen LogP contribution in [0.25, 0.3) is 110 Å². The van der Waals surface area contributed by atoms with Crippen molar-refractivity contribution in [3.63, 3.8) is 0 Å². The quantitative estimate of drug-likeness (QED) is 0.191. The molecule has 0 unspecified atom stereocenters. The standard InChI is InChI=1S/C46H26N4O/c1-3-13-27(14-4-1)29-23-24-30-34-26-38-40(41-32-18-8-10-20-35(32)49(43(34)41)37(30)25-29)31-17-7-11-21-36(31)50(38)45-42-33-19-9-12-22-39(33)51-46(42)48-44(47-45)28-15-5-2-6-16-28/h1-26H. The fourth-order valence-electron chi connectivity index (χ4n) is 8.53. The van der Waals surface area contributed by atoms with Crippen LogP contribution in [0, 0.1) is 0 Å². The van der Waals surface area contributed by atoms with Crippen LogP contribution in [0.2, 0.25) is 0 Å². The summed E-state index contributed by atoms with van der Waals surface area (Å²) in [4.78, 5) is 10.4. The molecule has 0 fully saturated rings. The molecule has 0 aliphatic rings. The highest BCUT2D eigenvalue weighted by atomic mass is 16.3. The molecule has 5 heterocycles. The number of hydrogen-bond donors (Lipinski definition) is 0. The van der Waals surface area contributed by atoms with E-state index in [1.165, 1.54) is 60.0 Å². The van der Waals surface area contributed by atoms with Crippen molar-refractivity contribution in [3.05, 3.63) is 158 Å². The third kappa shape index (κ3) is 3.54. The highest BCUT2D eigenvalue weighted by Crippen LogP contribution is 2.48. The van der Waals surface area contributed by atoms with Crippen LogP contribution in [-0.2, 0) is 0 Å². The minimum absolute atomic E-state index is 0.576. The summed E-state index contributed by atoms with van der Waals surface area (Å²) in [7, 11) is 0. The Morgan fingerprint density at radius 3 is 1.88 bits per heavy atom. The van der Waals surface area contributed by atoms with Crippen molar-refractivity contribution < 1.29 is 4.42 Å². The Labute approximate surface area is 290 Å². The van der Waals surface area contributed by atoms with Gasteiger partial charge in [0.25, 0.3) is 0 Å². The van der Waals surface area contributed by atoms with Crippen LogP contribution >= 0.6 is 0 Å². The van der Waals surface area contributed by atoms with Gasteiger partial charge in [-0.05, 0) is 41.5 Å². The van der Waals surface area contributed by atoms with Gasteiger partial charge in [0, 0.05) is 43.3 Å². The first kappa shape index (κ1) is 26.9. The Hall–Kier alpha value is -6.98. The number of rotatable bonds is 3. The summed E-state index contributed by atoms with van der Waals surface area (Å²) in [5, 5.41) is 9.25. The number of fused-ring (bicyclic) bond motifs is 13. The summed E-state index contributed by atoms with van der Waals surface area (Å²) in [6.45, 7) is 0. The fraction of sp³-hybridized carbons (Fsp3) is 0. The van der Waals surface area contributed by atoms with Gasteiger partial charge in [-0.2, -0.15) is 4.98 Å². The van der Waals surface area contributed by atoms with Gasteiger partial charge in [0.05, 0.1) is 33.0 Å². The lowest BCUT2D eigenvalue weighted by Gasteiger charge is -2.11. The first-order chi connectivity index (χ1) is 25.3. The lowest BCUT2D eigenvalue weighted by Crippen LogP contribution is -2.02. The SMILES string of the molecule is c1ccc(-c2ccc3c4cc5c(c6ccccc6n5-c5nc(-c6ccccc6)nc6oc7ccccc7c56)c5c6ccccc6n(c3c2)c45)cc1. The second-order valence-electron chi connectivity index (χ2n) is 13.4. The van der Waals surface area contributed by atoms with E-state index in [-0.39, 0.29) is 0 Å². The number of benzene rings is 7. The third-order valence-electron chi connectivity index (χ3n) is 10.7. The summed E-state index contributed by atoms with van der Waals surface area (Å²) >= 11 is 0. The lowest BCUT2D eigenvalue weighted by atomic mass is 10.0. The molecule has 12 rings (SSSR count). The van der Waals surface area contributed by atoms with Gasteiger partial charge in [0.15, 0.2) is 11.6 Å². The van der Waals surface area contributed by atoms with Crippen molar-refractivity contribution in [3.8, 4) is 28.3 Å². The predicted molar refractivity (Wildman–Crippen MR) is 209 cm³/mol. The van der Waals surface area contributed by atoms with Crippen LogP contribution in [0.4, 0.5) is 0 Å². The molecule has 51 heavy (non-hydrogen) atoms. The second-order valence-corrected chi connectivity index (χ2v) is 13.4.